The number of ether oxygens (including phenoxy) is 1. The monoisotopic (exact) mass is 264 g/mol. The average Bonchev–Trinajstić information content (AvgIpc) is 2.37. The van der Waals surface area contributed by atoms with Crippen LogP contribution in [0.3, 0.4) is 0 Å². The SMILES string of the molecule is Cc1ccccc1N(C)CCNCCCOC(C)C. The first-order chi connectivity index (χ1) is 9.11. The number of nitrogens with zero attached hydrogens (tertiary/aromatic N) is 1. The van der Waals surface area contributed by atoms with E-state index in [1.165, 1.54) is 11.3 Å². The lowest BCUT2D eigenvalue weighted by Crippen LogP contribution is -2.30. The summed E-state index contributed by atoms with van der Waals surface area (Å²) in [7, 11) is 2.14. The molecule has 3 heteroatoms. The van der Waals surface area contributed by atoms with E-state index in [9.17, 15) is 0 Å². The van der Waals surface area contributed by atoms with E-state index >= 15 is 0 Å². The van der Waals surface area contributed by atoms with Crippen LogP contribution in [0.1, 0.15) is 25.8 Å². The van der Waals surface area contributed by atoms with E-state index in [-0.39, 0.29) is 0 Å². The molecule has 19 heavy (non-hydrogen) atoms. The van der Waals surface area contributed by atoms with E-state index in [0.717, 1.165) is 32.7 Å². The molecule has 3 nitrogen and oxygen atoms in total. The zero-order valence-electron chi connectivity index (χ0n) is 12.8. The summed E-state index contributed by atoms with van der Waals surface area (Å²) in [6, 6.07) is 8.50. The fourth-order valence-electron chi connectivity index (χ4n) is 2.00. The molecule has 0 radical (unpaired) electrons. The first kappa shape index (κ1) is 16.0. The van der Waals surface area contributed by atoms with Crippen molar-refractivity contribution in [3.05, 3.63) is 29.8 Å². The number of benzene rings is 1. The van der Waals surface area contributed by atoms with Gasteiger partial charge in [0.1, 0.15) is 0 Å². The number of hydrogen-bond donors (Lipinski definition) is 1. The second-order valence-electron chi connectivity index (χ2n) is 5.23. The van der Waals surface area contributed by atoms with Crippen molar-refractivity contribution in [3.63, 3.8) is 0 Å². The number of rotatable bonds is 9. The Labute approximate surface area is 118 Å². The Hall–Kier alpha value is -1.06. The van der Waals surface area contributed by atoms with Crippen LogP contribution in [-0.4, -0.2) is 39.4 Å². The maximum absolute atomic E-state index is 5.50. The van der Waals surface area contributed by atoms with Crippen molar-refractivity contribution in [2.24, 2.45) is 0 Å². The topological polar surface area (TPSA) is 24.5 Å². The first-order valence-corrected chi connectivity index (χ1v) is 7.20. The lowest BCUT2D eigenvalue weighted by Gasteiger charge is -2.21. The zero-order chi connectivity index (χ0) is 14.1. The van der Waals surface area contributed by atoms with E-state index in [1.54, 1.807) is 0 Å². The zero-order valence-corrected chi connectivity index (χ0v) is 12.8. The lowest BCUT2D eigenvalue weighted by molar-refractivity contribution is 0.0771. The fraction of sp³-hybridized carbons (Fsp3) is 0.625. The fourth-order valence-corrected chi connectivity index (χ4v) is 2.00. The highest BCUT2D eigenvalue weighted by molar-refractivity contribution is 5.52. The molecule has 0 aromatic heterocycles. The molecule has 1 N–H and O–H groups in total. The van der Waals surface area contributed by atoms with Gasteiger partial charge in [-0.2, -0.15) is 0 Å². The number of likely N-dealkylation sites (N-methyl/N-ethyl adjacent to an activating group) is 1. The molecule has 1 aromatic carbocycles. The van der Waals surface area contributed by atoms with Gasteiger partial charge in [-0.25, -0.2) is 0 Å². The van der Waals surface area contributed by atoms with Crippen LogP contribution in [0, 0.1) is 6.92 Å². The van der Waals surface area contributed by atoms with E-state index in [4.69, 9.17) is 4.74 Å². The molecule has 0 aliphatic carbocycles. The van der Waals surface area contributed by atoms with Gasteiger partial charge in [0.25, 0.3) is 0 Å². The molecule has 108 valence electrons. The summed E-state index contributed by atoms with van der Waals surface area (Å²) >= 11 is 0. The lowest BCUT2D eigenvalue weighted by atomic mass is 10.2. The third-order valence-corrected chi connectivity index (χ3v) is 3.10. The van der Waals surface area contributed by atoms with Crippen LogP contribution >= 0.6 is 0 Å². The Morgan fingerprint density at radius 2 is 1.95 bits per heavy atom. The molecule has 0 saturated carbocycles. The van der Waals surface area contributed by atoms with Crippen LogP contribution in [0.5, 0.6) is 0 Å². The molecule has 0 aliphatic rings. The number of nitrogens with one attached hydrogen (secondary N) is 1. The molecule has 1 rings (SSSR count). The Morgan fingerprint density at radius 3 is 2.63 bits per heavy atom. The first-order valence-electron chi connectivity index (χ1n) is 7.20. The minimum absolute atomic E-state index is 0.340. The molecule has 0 fully saturated rings. The van der Waals surface area contributed by atoms with Gasteiger partial charge in [0.05, 0.1) is 6.10 Å². The molecule has 1 aromatic rings. The third kappa shape index (κ3) is 6.60. The smallest absolute Gasteiger partial charge is 0.0518 e. The van der Waals surface area contributed by atoms with Gasteiger partial charge < -0.3 is 15.0 Å². The average molecular weight is 264 g/mol. The molecular weight excluding hydrogens is 236 g/mol. The number of para-hydroxylation sites is 1. The van der Waals surface area contributed by atoms with Gasteiger partial charge >= 0.3 is 0 Å². The summed E-state index contributed by atoms with van der Waals surface area (Å²) in [5.41, 5.74) is 2.64. The van der Waals surface area contributed by atoms with Crippen LogP contribution in [0.15, 0.2) is 24.3 Å². The molecule has 0 aliphatic heterocycles. The van der Waals surface area contributed by atoms with Gasteiger partial charge in [-0.15, -0.1) is 0 Å². The number of hydrogen-bond acceptors (Lipinski definition) is 3. The largest absolute Gasteiger partial charge is 0.379 e. The van der Waals surface area contributed by atoms with Crippen molar-refractivity contribution in [1.29, 1.82) is 0 Å². The van der Waals surface area contributed by atoms with E-state index in [2.05, 4.69) is 62.3 Å². The van der Waals surface area contributed by atoms with Crippen molar-refractivity contribution >= 4 is 5.69 Å². The molecule has 0 saturated heterocycles. The van der Waals surface area contributed by atoms with Crippen molar-refractivity contribution < 1.29 is 4.74 Å². The van der Waals surface area contributed by atoms with Gasteiger partial charge in [-0.3, -0.25) is 0 Å². The molecule has 0 atom stereocenters. The standard InChI is InChI=1S/C16H28N2O/c1-14(2)19-13-7-10-17-11-12-18(4)16-9-6-5-8-15(16)3/h5-6,8-9,14,17H,7,10-13H2,1-4H3. The third-order valence-electron chi connectivity index (χ3n) is 3.10. The maximum atomic E-state index is 5.50. The molecule has 0 spiro atoms. The van der Waals surface area contributed by atoms with Gasteiger partial charge in [0.15, 0.2) is 0 Å². The number of anilines is 1. The van der Waals surface area contributed by atoms with E-state index in [1.807, 2.05) is 0 Å². The summed E-state index contributed by atoms with van der Waals surface area (Å²) in [5, 5.41) is 3.46. The summed E-state index contributed by atoms with van der Waals surface area (Å²) < 4.78 is 5.50. The quantitative estimate of drug-likeness (QED) is 0.694. The minimum Gasteiger partial charge on any atom is -0.379 e. The van der Waals surface area contributed by atoms with E-state index in [0.29, 0.717) is 6.10 Å². The predicted octanol–water partition coefficient (Wildman–Crippen LogP) is 2.84. The summed E-state index contributed by atoms with van der Waals surface area (Å²) in [6.45, 7) is 10.2. The second kappa shape index (κ2) is 8.94. The highest BCUT2D eigenvalue weighted by atomic mass is 16.5. The summed E-state index contributed by atoms with van der Waals surface area (Å²) in [6.07, 6.45) is 1.42. The van der Waals surface area contributed by atoms with Gasteiger partial charge in [0.2, 0.25) is 0 Å². The molecule has 0 amide bonds. The Kier molecular flexibility index (Phi) is 7.53. The molecular formula is C16H28N2O. The van der Waals surface area contributed by atoms with Crippen molar-refractivity contribution in [2.45, 2.75) is 33.3 Å². The Bertz CT molecular complexity index is 352. The Balaban J connectivity index is 2.11. The second-order valence-corrected chi connectivity index (χ2v) is 5.23. The van der Waals surface area contributed by atoms with Crippen LogP contribution < -0.4 is 10.2 Å². The highest BCUT2D eigenvalue weighted by Crippen LogP contribution is 2.16. The molecule has 0 heterocycles. The van der Waals surface area contributed by atoms with Gasteiger partial charge in [-0.1, -0.05) is 18.2 Å². The molecule has 0 bridgehead atoms. The van der Waals surface area contributed by atoms with E-state index < -0.39 is 0 Å². The van der Waals surface area contributed by atoms with Crippen molar-refractivity contribution in [3.8, 4) is 0 Å². The van der Waals surface area contributed by atoms with Crippen LogP contribution in [-0.2, 0) is 4.74 Å². The Morgan fingerprint density at radius 1 is 1.21 bits per heavy atom. The minimum atomic E-state index is 0.340. The maximum Gasteiger partial charge on any atom is 0.0518 e. The number of aryl methyl sites for hydroxylation is 1. The highest BCUT2D eigenvalue weighted by Gasteiger charge is 2.02. The van der Waals surface area contributed by atoms with Crippen LogP contribution in [0.25, 0.3) is 0 Å². The summed E-state index contributed by atoms with van der Waals surface area (Å²) in [5.74, 6) is 0. The van der Waals surface area contributed by atoms with Crippen molar-refractivity contribution in [2.75, 3.05) is 38.2 Å². The molecule has 0 unspecified atom stereocenters. The van der Waals surface area contributed by atoms with Crippen LogP contribution in [0.2, 0.25) is 0 Å². The van der Waals surface area contributed by atoms with Crippen molar-refractivity contribution in [1.82, 2.24) is 5.32 Å². The van der Waals surface area contributed by atoms with Crippen LogP contribution in [0.4, 0.5) is 5.69 Å². The summed E-state index contributed by atoms with van der Waals surface area (Å²) in [4.78, 5) is 2.30. The predicted molar refractivity (Wildman–Crippen MR) is 83.0 cm³/mol. The van der Waals surface area contributed by atoms with Gasteiger partial charge in [-0.05, 0) is 45.4 Å². The van der Waals surface area contributed by atoms with Gasteiger partial charge in [0, 0.05) is 32.4 Å². The normalized spacial score (nSPS) is 11.0.